The van der Waals surface area contributed by atoms with Gasteiger partial charge in [-0.25, -0.2) is 8.42 Å². The van der Waals surface area contributed by atoms with Crippen LogP contribution in [0, 0.1) is 20.8 Å². The molecule has 3 nitrogen and oxygen atoms in total. The molecule has 1 aliphatic rings. The van der Waals surface area contributed by atoms with E-state index < -0.39 is 10.0 Å². The molecule has 122 valence electrons. The van der Waals surface area contributed by atoms with Crippen molar-refractivity contribution in [3.05, 3.63) is 64.7 Å². The van der Waals surface area contributed by atoms with E-state index in [0.717, 1.165) is 35.1 Å². The van der Waals surface area contributed by atoms with E-state index in [1.165, 1.54) is 0 Å². The van der Waals surface area contributed by atoms with Gasteiger partial charge in [0.15, 0.2) is 0 Å². The molecule has 0 saturated carbocycles. The first kappa shape index (κ1) is 16.2. The number of aryl methyl sites for hydroxylation is 3. The third-order valence-electron chi connectivity index (χ3n) is 4.68. The standard InChI is InChI=1S/C19H23NO2S/c1-14-10-11-16(3)19(13-14)23(21,22)20-12-6-9-18(20)17-8-5-4-7-15(17)2/h4-5,7-8,10-11,13,18H,6,9,12H2,1-3H3. The molecule has 0 radical (unpaired) electrons. The first-order chi connectivity index (χ1) is 10.9. The summed E-state index contributed by atoms with van der Waals surface area (Å²) in [7, 11) is -3.47. The second-order valence-electron chi connectivity index (χ2n) is 6.40. The van der Waals surface area contributed by atoms with Crippen LogP contribution in [0.2, 0.25) is 0 Å². The first-order valence-corrected chi connectivity index (χ1v) is 9.50. The number of benzene rings is 2. The van der Waals surface area contributed by atoms with Gasteiger partial charge in [0.05, 0.1) is 10.9 Å². The monoisotopic (exact) mass is 329 g/mol. The van der Waals surface area contributed by atoms with Crippen molar-refractivity contribution in [1.29, 1.82) is 0 Å². The van der Waals surface area contributed by atoms with Crippen molar-refractivity contribution in [3.63, 3.8) is 0 Å². The zero-order chi connectivity index (χ0) is 16.6. The van der Waals surface area contributed by atoms with Crippen LogP contribution in [0.3, 0.4) is 0 Å². The fourth-order valence-corrected chi connectivity index (χ4v) is 5.40. The number of hydrogen-bond acceptors (Lipinski definition) is 2. The third kappa shape index (κ3) is 2.93. The van der Waals surface area contributed by atoms with Gasteiger partial charge >= 0.3 is 0 Å². The maximum Gasteiger partial charge on any atom is 0.243 e. The molecule has 0 bridgehead atoms. The second-order valence-corrected chi connectivity index (χ2v) is 8.26. The summed E-state index contributed by atoms with van der Waals surface area (Å²) in [5, 5.41) is 0. The summed E-state index contributed by atoms with van der Waals surface area (Å²) in [6.07, 6.45) is 1.79. The lowest BCUT2D eigenvalue weighted by Crippen LogP contribution is -2.31. The first-order valence-electron chi connectivity index (χ1n) is 8.06. The van der Waals surface area contributed by atoms with E-state index in [4.69, 9.17) is 0 Å². The second kappa shape index (κ2) is 6.10. The van der Waals surface area contributed by atoms with E-state index in [-0.39, 0.29) is 6.04 Å². The van der Waals surface area contributed by atoms with Crippen molar-refractivity contribution in [2.24, 2.45) is 0 Å². The Hall–Kier alpha value is -1.65. The lowest BCUT2D eigenvalue weighted by atomic mass is 10.0. The van der Waals surface area contributed by atoms with Gasteiger partial charge in [0.2, 0.25) is 10.0 Å². The molecule has 0 N–H and O–H groups in total. The number of nitrogens with zero attached hydrogens (tertiary/aromatic N) is 1. The molecule has 2 aromatic rings. The highest BCUT2D eigenvalue weighted by Gasteiger charge is 2.37. The summed E-state index contributed by atoms with van der Waals surface area (Å²) in [5.74, 6) is 0. The molecule has 23 heavy (non-hydrogen) atoms. The van der Waals surface area contributed by atoms with Crippen LogP contribution < -0.4 is 0 Å². The Kier molecular flexibility index (Phi) is 4.30. The van der Waals surface area contributed by atoms with Crippen molar-refractivity contribution in [2.75, 3.05) is 6.54 Å². The summed E-state index contributed by atoms with van der Waals surface area (Å²) in [6.45, 7) is 6.44. The molecule has 1 unspecified atom stereocenters. The predicted octanol–water partition coefficient (Wildman–Crippen LogP) is 4.14. The average molecular weight is 329 g/mol. The smallest absolute Gasteiger partial charge is 0.207 e. The number of hydrogen-bond donors (Lipinski definition) is 0. The van der Waals surface area contributed by atoms with Crippen LogP contribution in [0.4, 0.5) is 0 Å². The third-order valence-corrected chi connectivity index (χ3v) is 6.73. The van der Waals surface area contributed by atoms with Crippen molar-refractivity contribution in [3.8, 4) is 0 Å². The van der Waals surface area contributed by atoms with Crippen molar-refractivity contribution in [2.45, 2.75) is 44.6 Å². The zero-order valence-electron chi connectivity index (χ0n) is 13.9. The Morgan fingerprint density at radius 1 is 1.00 bits per heavy atom. The molecular weight excluding hydrogens is 306 g/mol. The topological polar surface area (TPSA) is 37.4 Å². The Morgan fingerprint density at radius 2 is 1.74 bits per heavy atom. The van der Waals surface area contributed by atoms with Crippen LogP contribution in [-0.2, 0) is 10.0 Å². The van der Waals surface area contributed by atoms with E-state index in [2.05, 4.69) is 19.1 Å². The molecule has 4 heteroatoms. The Labute approximate surface area is 139 Å². The van der Waals surface area contributed by atoms with Crippen molar-refractivity contribution >= 4 is 10.0 Å². The highest BCUT2D eigenvalue weighted by atomic mass is 32.2. The van der Waals surface area contributed by atoms with Gasteiger partial charge in [-0.05, 0) is 61.9 Å². The zero-order valence-corrected chi connectivity index (χ0v) is 14.7. The molecule has 0 aromatic heterocycles. The van der Waals surface area contributed by atoms with Crippen LogP contribution in [0.25, 0.3) is 0 Å². The van der Waals surface area contributed by atoms with Crippen LogP contribution in [0.1, 0.15) is 41.1 Å². The van der Waals surface area contributed by atoms with E-state index >= 15 is 0 Å². The van der Waals surface area contributed by atoms with Gasteiger partial charge in [-0.15, -0.1) is 0 Å². The SMILES string of the molecule is Cc1ccc(C)c(S(=O)(=O)N2CCCC2c2ccccc2C)c1. The number of rotatable bonds is 3. The quantitative estimate of drug-likeness (QED) is 0.849. The van der Waals surface area contributed by atoms with E-state index in [1.54, 1.807) is 10.4 Å². The fourth-order valence-electron chi connectivity index (χ4n) is 3.41. The minimum absolute atomic E-state index is 0.0545. The largest absolute Gasteiger partial charge is 0.243 e. The lowest BCUT2D eigenvalue weighted by molar-refractivity contribution is 0.395. The fraction of sp³-hybridized carbons (Fsp3) is 0.368. The molecule has 1 fully saturated rings. The van der Waals surface area contributed by atoms with Crippen molar-refractivity contribution < 1.29 is 8.42 Å². The Balaban J connectivity index is 2.05. The lowest BCUT2D eigenvalue weighted by Gasteiger charge is -2.26. The van der Waals surface area contributed by atoms with Gasteiger partial charge < -0.3 is 0 Å². The van der Waals surface area contributed by atoms with Gasteiger partial charge in [0, 0.05) is 6.54 Å². The van der Waals surface area contributed by atoms with Gasteiger partial charge in [0.1, 0.15) is 0 Å². The van der Waals surface area contributed by atoms with Gasteiger partial charge in [-0.3, -0.25) is 0 Å². The summed E-state index contributed by atoms with van der Waals surface area (Å²) in [5.41, 5.74) is 4.06. The summed E-state index contributed by atoms with van der Waals surface area (Å²) < 4.78 is 28.1. The Morgan fingerprint density at radius 3 is 2.48 bits per heavy atom. The van der Waals surface area contributed by atoms with Crippen LogP contribution >= 0.6 is 0 Å². The van der Waals surface area contributed by atoms with E-state index in [0.29, 0.717) is 11.4 Å². The minimum atomic E-state index is -3.47. The molecular formula is C19H23NO2S. The minimum Gasteiger partial charge on any atom is -0.207 e. The average Bonchev–Trinajstić information content (AvgIpc) is 3.00. The molecule has 0 spiro atoms. The normalized spacial score (nSPS) is 19.2. The maximum atomic E-state index is 13.2. The Bertz CT molecular complexity index is 827. The van der Waals surface area contributed by atoms with Gasteiger partial charge in [-0.1, -0.05) is 36.4 Å². The molecule has 1 aliphatic heterocycles. The molecule has 1 atom stereocenters. The summed E-state index contributed by atoms with van der Waals surface area (Å²) in [4.78, 5) is 0.443. The molecule has 1 heterocycles. The van der Waals surface area contributed by atoms with Crippen LogP contribution in [-0.4, -0.2) is 19.3 Å². The molecule has 3 rings (SSSR count). The highest BCUT2D eigenvalue weighted by Crippen LogP contribution is 2.38. The predicted molar refractivity (Wildman–Crippen MR) is 93.0 cm³/mol. The molecule has 2 aromatic carbocycles. The highest BCUT2D eigenvalue weighted by molar-refractivity contribution is 7.89. The molecule has 0 aliphatic carbocycles. The van der Waals surface area contributed by atoms with E-state index in [9.17, 15) is 8.42 Å². The van der Waals surface area contributed by atoms with E-state index in [1.807, 2.05) is 38.1 Å². The van der Waals surface area contributed by atoms with Gasteiger partial charge in [0.25, 0.3) is 0 Å². The number of sulfonamides is 1. The van der Waals surface area contributed by atoms with Gasteiger partial charge in [-0.2, -0.15) is 4.31 Å². The summed E-state index contributed by atoms with van der Waals surface area (Å²) >= 11 is 0. The van der Waals surface area contributed by atoms with Crippen LogP contribution in [0.15, 0.2) is 47.4 Å². The maximum absolute atomic E-state index is 13.2. The summed E-state index contributed by atoms with van der Waals surface area (Å²) in [6, 6.07) is 13.7. The molecule has 0 amide bonds. The molecule has 1 saturated heterocycles. The van der Waals surface area contributed by atoms with Crippen molar-refractivity contribution in [1.82, 2.24) is 4.31 Å². The van der Waals surface area contributed by atoms with Crippen LogP contribution in [0.5, 0.6) is 0 Å².